The Morgan fingerprint density at radius 2 is 1.89 bits per heavy atom. The second-order valence-electron chi connectivity index (χ2n) is 4.61. The third-order valence-corrected chi connectivity index (χ3v) is 3.02. The first kappa shape index (κ1) is 13.7. The van der Waals surface area contributed by atoms with Gasteiger partial charge in [0.1, 0.15) is 6.04 Å². The number of hydrogen-bond acceptors (Lipinski definition) is 3. The fourth-order valence-corrected chi connectivity index (χ4v) is 1.66. The van der Waals surface area contributed by atoms with E-state index in [1.165, 1.54) is 0 Å². The van der Waals surface area contributed by atoms with Crippen molar-refractivity contribution >= 4 is 29.2 Å². The maximum Gasteiger partial charge on any atom is 0.321 e. The number of rotatable bonds is 4. The molecular weight excluding hydrogens is 266 g/mol. The van der Waals surface area contributed by atoms with Gasteiger partial charge in [-0.2, -0.15) is 0 Å². The molecule has 0 radical (unpaired) electrons. The Balaban J connectivity index is 1.80. The molecule has 1 atom stereocenters. The van der Waals surface area contributed by atoms with Crippen LogP contribution in [0.4, 0.5) is 10.5 Å². The number of hydrogen-bond donors (Lipinski definition) is 3. The van der Waals surface area contributed by atoms with Gasteiger partial charge in [0, 0.05) is 16.8 Å². The minimum Gasteiger partial charge on any atom is -0.374 e. The molecule has 0 bridgehead atoms. The van der Waals surface area contributed by atoms with E-state index in [-0.39, 0.29) is 11.9 Å². The standard InChI is InChI=1S/C13H16ClN3O2/c1-8(15-10-4-2-9(14)3-5-10)12(18)17-13(19)16-11-6-7-11/h2-5,8,11,15H,6-7H2,1H3,(H2,16,17,18,19). The minimum atomic E-state index is -0.508. The van der Waals surface area contributed by atoms with Gasteiger partial charge in [0.25, 0.3) is 0 Å². The van der Waals surface area contributed by atoms with Crippen molar-refractivity contribution in [3.05, 3.63) is 29.3 Å². The lowest BCUT2D eigenvalue weighted by Crippen LogP contribution is -2.46. The summed E-state index contributed by atoms with van der Waals surface area (Å²) in [4.78, 5) is 23.2. The van der Waals surface area contributed by atoms with Crippen LogP contribution in [0, 0.1) is 0 Å². The van der Waals surface area contributed by atoms with Crippen molar-refractivity contribution in [1.29, 1.82) is 0 Å². The van der Waals surface area contributed by atoms with E-state index >= 15 is 0 Å². The van der Waals surface area contributed by atoms with Crippen molar-refractivity contribution in [2.75, 3.05) is 5.32 Å². The van der Waals surface area contributed by atoms with Crippen molar-refractivity contribution in [2.24, 2.45) is 0 Å². The summed E-state index contributed by atoms with van der Waals surface area (Å²) in [7, 11) is 0. The molecule has 0 aromatic heterocycles. The first-order valence-corrected chi connectivity index (χ1v) is 6.56. The number of benzene rings is 1. The molecule has 3 amide bonds. The molecule has 1 aliphatic carbocycles. The molecular formula is C13H16ClN3O2. The number of carbonyl (C=O) groups is 2. The van der Waals surface area contributed by atoms with Gasteiger partial charge in [-0.3, -0.25) is 10.1 Å². The summed E-state index contributed by atoms with van der Waals surface area (Å²) in [5, 5.41) is 8.62. The highest BCUT2D eigenvalue weighted by Gasteiger charge is 2.24. The molecule has 3 N–H and O–H groups in total. The summed E-state index contributed by atoms with van der Waals surface area (Å²) in [6.07, 6.45) is 1.97. The lowest BCUT2D eigenvalue weighted by molar-refractivity contribution is -0.120. The van der Waals surface area contributed by atoms with Gasteiger partial charge in [-0.05, 0) is 44.0 Å². The molecule has 1 fully saturated rings. The van der Waals surface area contributed by atoms with Crippen LogP contribution >= 0.6 is 11.6 Å². The Bertz CT molecular complexity index is 471. The molecule has 1 saturated carbocycles. The van der Waals surface area contributed by atoms with Gasteiger partial charge < -0.3 is 10.6 Å². The SMILES string of the molecule is CC(Nc1ccc(Cl)cc1)C(=O)NC(=O)NC1CC1. The van der Waals surface area contributed by atoms with Crippen LogP contribution < -0.4 is 16.0 Å². The number of amides is 3. The summed E-state index contributed by atoms with van der Waals surface area (Å²) in [5.41, 5.74) is 0.773. The Hall–Kier alpha value is -1.75. The molecule has 0 spiro atoms. The average molecular weight is 282 g/mol. The molecule has 19 heavy (non-hydrogen) atoms. The lowest BCUT2D eigenvalue weighted by atomic mass is 10.2. The second kappa shape index (κ2) is 5.93. The normalized spacial score (nSPS) is 15.5. The van der Waals surface area contributed by atoms with Crippen molar-refractivity contribution in [3.8, 4) is 0 Å². The Morgan fingerprint density at radius 3 is 2.47 bits per heavy atom. The molecule has 102 valence electrons. The van der Waals surface area contributed by atoms with E-state index in [1.54, 1.807) is 31.2 Å². The molecule has 5 nitrogen and oxygen atoms in total. The molecule has 1 unspecified atom stereocenters. The van der Waals surface area contributed by atoms with Gasteiger partial charge in [-0.15, -0.1) is 0 Å². The third kappa shape index (κ3) is 4.44. The zero-order chi connectivity index (χ0) is 13.8. The largest absolute Gasteiger partial charge is 0.374 e. The van der Waals surface area contributed by atoms with Gasteiger partial charge >= 0.3 is 6.03 Å². The number of anilines is 1. The predicted octanol–water partition coefficient (Wildman–Crippen LogP) is 2.13. The van der Waals surface area contributed by atoms with Crippen LogP contribution in [-0.4, -0.2) is 24.0 Å². The molecule has 6 heteroatoms. The summed E-state index contributed by atoms with van der Waals surface area (Å²) in [6.45, 7) is 1.69. The van der Waals surface area contributed by atoms with Crippen LogP contribution in [0.5, 0.6) is 0 Å². The molecule has 1 aromatic rings. The topological polar surface area (TPSA) is 70.2 Å². The van der Waals surface area contributed by atoms with Crippen molar-refractivity contribution in [1.82, 2.24) is 10.6 Å². The molecule has 1 aromatic carbocycles. The van der Waals surface area contributed by atoms with Crippen LogP contribution in [-0.2, 0) is 4.79 Å². The van der Waals surface area contributed by atoms with Crippen LogP contribution in [0.2, 0.25) is 5.02 Å². The zero-order valence-electron chi connectivity index (χ0n) is 10.6. The molecule has 1 aliphatic rings. The number of carbonyl (C=O) groups excluding carboxylic acids is 2. The first-order chi connectivity index (χ1) is 9.04. The number of imide groups is 1. The number of halogens is 1. The number of nitrogens with one attached hydrogen (secondary N) is 3. The average Bonchev–Trinajstić information content (AvgIpc) is 3.15. The lowest BCUT2D eigenvalue weighted by Gasteiger charge is -2.15. The molecule has 0 heterocycles. The van der Waals surface area contributed by atoms with Gasteiger partial charge in [-0.25, -0.2) is 4.79 Å². The predicted molar refractivity (Wildman–Crippen MR) is 74.2 cm³/mol. The van der Waals surface area contributed by atoms with Crippen LogP contribution in [0.25, 0.3) is 0 Å². The van der Waals surface area contributed by atoms with Crippen molar-refractivity contribution < 1.29 is 9.59 Å². The van der Waals surface area contributed by atoms with Crippen molar-refractivity contribution in [3.63, 3.8) is 0 Å². The quantitative estimate of drug-likeness (QED) is 0.792. The monoisotopic (exact) mass is 281 g/mol. The number of urea groups is 1. The van der Waals surface area contributed by atoms with Gasteiger partial charge in [-0.1, -0.05) is 11.6 Å². The third-order valence-electron chi connectivity index (χ3n) is 2.77. The zero-order valence-corrected chi connectivity index (χ0v) is 11.3. The van der Waals surface area contributed by atoms with Gasteiger partial charge in [0.15, 0.2) is 0 Å². The smallest absolute Gasteiger partial charge is 0.321 e. The molecule has 0 saturated heterocycles. The van der Waals surface area contributed by atoms with Gasteiger partial charge in [0.05, 0.1) is 0 Å². The highest BCUT2D eigenvalue weighted by atomic mass is 35.5. The fraction of sp³-hybridized carbons (Fsp3) is 0.385. The van der Waals surface area contributed by atoms with E-state index < -0.39 is 12.1 Å². The van der Waals surface area contributed by atoms with E-state index in [0.717, 1.165) is 18.5 Å². The highest BCUT2D eigenvalue weighted by molar-refractivity contribution is 6.30. The van der Waals surface area contributed by atoms with E-state index in [4.69, 9.17) is 11.6 Å². The second-order valence-corrected chi connectivity index (χ2v) is 5.05. The van der Waals surface area contributed by atoms with E-state index in [2.05, 4.69) is 16.0 Å². The Labute approximate surface area is 116 Å². The minimum absolute atomic E-state index is 0.229. The fourth-order valence-electron chi connectivity index (χ4n) is 1.53. The summed E-state index contributed by atoms with van der Waals surface area (Å²) >= 11 is 5.77. The van der Waals surface area contributed by atoms with Crippen LogP contribution in [0.3, 0.4) is 0 Å². The van der Waals surface area contributed by atoms with Gasteiger partial charge in [0.2, 0.25) is 5.91 Å². The van der Waals surface area contributed by atoms with Crippen molar-refractivity contribution in [2.45, 2.75) is 31.8 Å². The molecule has 0 aliphatic heterocycles. The Kier molecular flexibility index (Phi) is 4.27. The summed E-state index contributed by atoms with van der Waals surface area (Å²) in [6, 6.07) is 6.30. The maximum absolute atomic E-state index is 11.8. The van der Waals surface area contributed by atoms with E-state index in [1.807, 2.05) is 0 Å². The van der Waals surface area contributed by atoms with E-state index in [0.29, 0.717) is 5.02 Å². The van der Waals surface area contributed by atoms with E-state index in [9.17, 15) is 9.59 Å². The Morgan fingerprint density at radius 1 is 1.26 bits per heavy atom. The first-order valence-electron chi connectivity index (χ1n) is 6.18. The maximum atomic E-state index is 11.8. The summed E-state index contributed by atoms with van der Waals surface area (Å²) in [5.74, 6) is -0.367. The highest BCUT2D eigenvalue weighted by Crippen LogP contribution is 2.18. The molecule has 2 rings (SSSR count). The summed E-state index contributed by atoms with van der Waals surface area (Å²) < 4.78 is 0. The van der Waals surface area contributed by atoms with Crippen LogP contribution in [0.15, 0.2) is 24.3 Å². The van der Waals surface area contributed by atoms with Crippen LogP contribution in [0.1, 0.15) is 19.8 Å².